The molecule has 0 aliphatic heterocycles. The van der Waals surface area contributed by atoms with Crippen molar-refractivity contribution in [3.8, 4) is 11.5 Å². The summed E-state index contributed by atoms with van der Waals surface area (Å²) in [6.07, 6.45) is 3.57. The summed E-state index contributed by atoms with van der Waals surface area (Å²) >= 11 is 0. The minimum Gasteiger partial charge on any atom is -0.370 e. The highest BCUT2D eigenvalue weighted by molar-refractivity contribution is 5.55. The fourth-order valence-corrected chi connectivity index (χ4v) is 1.75. The Morgan fingerprint density at radius 2 is 2.11 bits per heavy atom. The second-order valence-electron chi connectivity index (χ2n) is 4.10. The van der Waals surface area contributed by atoms with Crippen LogP contribution in [-0.4, -0.2) is 31.9 Å². The van der Waals surface area contributed by atoms with E-state index in [0.29, 0.717) is 11.5 Å². The van der Waals surface area contributed by atoms with E-state index in [-0.39, 0.29) is 0 Å². The Balaban J connectivity index is 2.42. The first-order chi connectivity index (χ1) is 8.76. The molecule has 18 heavy (non-hydrogen) atoms. The van der Waals surface area contributed by atoms with Crippen molar-refractivity contribution in [3.63, 3.8) is 0 Å². The maximum atomic E-state index is 4.53. The van der Waals surface area contributed by atoms with Crippen LogP contribution in [0.5, 0.6) is 0 Å². The molecule has 2 aromatic heterocycles. The maximum absolute atomic E-state index is 4.53. The highest BCUT2D eigenvalue weighted by atomic mass is 15.3. The Kier molecular flexibility index (Phi) is 3.86. The van der Waals surface area contributed by atoms with E-state index >= 15 is 0 Å². The highest BCUT2D eigenvalue weighted by Gasteiger charge is 2.12. The minimum atomic E-state index is 0.616. The van der Waals surface area contributed by atoms with Crippen molar-refractivity contribution in [1.29, 1.82) is 0 Å². The summed E-state index contributed by atoms with van der Waals surface area (Å²) < 4.78 is 0. The smallest absolute Gasteiger partial charge is 0.184 e. The van der Waals surface area contributed by atoms with Crippen LogP contribution >= 0.6 is 0 Å². The summed E-state index contributed by atoms with van der Waals surface area (Å²) in [5.74, 6) is 1.51. The van der Waals surface area contributed by atoms with Gasteiger partial charge in [-0.05, 0) is 19.8 Å². The van der Waals surface area contributed by atoms with E-state index in [4.69, 9.17) is 0 Å². The van der Waals surface area contributed by atoms with E-state index in [1.807, 2.05) is 6.92 Å². The molecular weight excluding hydrogens is 228 g/mol. The normalized spacial score (nSPS) is 10.6. The van der Waals surface area contributed by atoms with E-state index < -0.39 is 0 Å². The van der Waals surface area contributed by atoms with Gasteiger partial charge in [-0.15, -0.1) is 0 Å². The number of hydrogen-bond acceptors (Lipinski definition) is 5. The Morgan fingerprint density at radius 3 is 2.72 bits per heavy atom. The first-order valence-corrected chi connectivity index (χ1v) is 6.23. The molecule has 0 saturated heterocycles. The summed E-state index contributed by atoms with van der Waals surface area (Å²) in [5, 5.41) is 13.7. The van der Waals surface area contributed by atoms with Crippen molar-refractivity contribution in [2.24, 2.45) is 0 Å². The van der Waals surface area contributed by atoms with Gasteiger partial charge in [0.2, 0.25) is 0 Å². The number of aryl methyl sites for hydroxylation is 1. The van der Waals surface area contributed by atoms with Crippen LogP contribution in [-0.2, 0) is 6.42 Å². The Hall–Kier alpha value is -1.98. The number of aromatic amines is 1. The zero-order chi connectivity index (χ0) is 13.0. The molecule has 0 spiro atoms. The topological polar surface area (TPSA) is 79.4 Å². The molecule has 0 aromatic carbocycles. The summed E-state index contributed by atoms with van der Waals surface area (Å²) in [7, 11) is 0. The van der Waals surface area contributed by atoms with Crippen molar-refractivity contribution < 1.29 is 0 Å². The van der Waals surface area contributed by atoms with Gasteiger partial charge in [0.25, 0.3) is 0 Å². The molecule has 2 rings (SSSR count). The Morgan fingerprint density at radius 1 is 1.28 bits per heavy atom. The van der Waals surface area contributed by atoms with Crippen molar-refractivity contribution in [2.45, 2.75) is 33.6 Å². The predicted octanol–water partition coefficient (Wildman–Crippen LogP) is 1.95. The Labute approximate surface area is 106 Å². The van der Waals surface area contributed by atoms with Gasteiger partial charge in [0.1, 0.15) is 11.5 Å². The van der Waals surface area contributed by atoms with Crippen molar-refractivity contribution in [1.82, 2.24) is 25.4 Å². The summed E-state index contributed by atoms with van der Waals surface area (Å²) in [6.45, 7) is 7.16. The van der Waals surface area contributed by atoms with Gasteiger partial charge in [-0.2, -0.15) is 15.4 Å². The molecule has 2 N–H and O–H groups in total. The van der Waals surface area contributed by atoms with Gasteiger partial charge < -0.3 is 5.32 Å². The molecule has 0 bridgehead atoms. The van der Waals surface area contributed by atoms with Crippen LogP contribution in [0.15, 0.2) is 6.20 Å². The fraction of sp³-hybridized carbons (Fsp3) is 0.500. The standard InChI is InChI=1S/C12H18N6/c1-4-6-13-11-8(3)9(5-2)15-12(16-11)10-7-14-18-17-10/h7H,4-6H2,1-3H3,(H,13,15,16)(H,14,17,18). The van der Waals surface area contributed by atoms with E-state index in [2.05, 4.69) is 44.5 Å². The molecule has 0 aliphatic rings. The van der Waals surface area contributed by atoms with Crippen LogP contribution in [0.25, 0.3) is 11.5 Å². The molecule has 0 aliphatic carbocycles. The Bertz CT molecular complexity index is 506. The quantitative estimate of drug-likeness (QED) is 0.843. The molecule has 2 heterocycles. The second-order valence-corrected chi connectivity index (χ2v) is 4.10. The molecule has 0 unspecified atom stereocenters. The summed E-state index contributed by atoms with van der Waals surface area (Å²) in [4.78, 5) is 9.04. The van der Waals surface area contributed by atoms with Gasteiger partial charge in [-0.3, -0.25) is 0 Å². The lowest BCUT2D eigenvalue weighted by atomic mass is 10.2. The molecule has 0 fully saturated rings. The van der Waals surface area contributed by atoms with Gasteiger partial charge in [0.15, 0.2) is 5.82 Å². The van der Waals surface area contributed by atoms with Gasteiger partial charge >= 0.3 is 0 Å². The molecule has 6 heteroatoms. The van der Waals surface area contributed by atoms with Crippen molar-refractivity contribution >= 4 is 5.82 Å². The zero-order valence-corrected chi connectivity index (χ0v) is 11.0. The van der Waals surface area contributed by atoms with Gasteiger partial charge in [0.05, 0.1) is 6.20 Å². The third-order valence-electron chi connectivity index (χ3n) is 2.77. The molecule has 2 aromatic rings. The SMILES string of the molecule is CCCNc1nc(-c2cn[nH]n2)nc(CC)c1C. The van der Waals surface area contributed by atoms with Crippen LogP contribution in [0, 0.1) is 6.92 Å². The fourth-order valence-electron chi connectivity index (χ4n) is 1.75. The maximum Gasteiger partial charge on any atom is 0.184 e. The van der Waals surface area contributed by atoms with Crippen LogP contribution < -0.4 is 5.32 Å². The third kappa shape index (κ3) is 2.47. The van der Waals surface area contributed by atoms with E-state index in [9.17, 15) is 0 Å². The third-order valence-corrected chi connectivity index (χ3v) is 2.77. The number of nitrogens with zero attached hydrogens (tertiary/aromatic N) is 4. The zero-order valence-electron chi connectivity index (χ0n) is 11.0. The lowest BCUT2D eigenvalue weighted by Gasteiger charge is -2.11. The van der Waals surface area contributed by atoms with Crippen LogP contribution in [0.2, 0.25) is 0 Å². The van der Waals surface area contributed by atoms with Crippen molar-refractivity contribution in [2.75, 3.05) is 11.9 Å². The number of H-pyrrole nitrogens is 1. The monoisotopic (exact) mass is 246 g/mol. The average Bonchev–Trinajstić information content (AvgIpc) is 2.91. The van der Waals surface area contributed by atoms with E-state index in [0.717, 1.165) is 36.5 Å². The summed E-state index contributed by atoms with van der Waals surface area (Å²) in [6, 6.07) is 0. The number of hydrogen-bond donors (Lipinski definition) is 2. The van der Waals surface area contributed by atoms with Crippen LogP contribution in [0.4, 0.5) is 5.82 Å². The lowest BCUT2D eigenvalue weighted by Crippen LogP contribution is -2.08. The highest BCUT2D eigenvalue weighted by Crippen LogP contribution is 2.20. The number of anilines is 1. The van der Waals surface area contributed by atoms with E-state index in [1.54, 1.807) is 6.20 Å². The molecule has 0 saturated carbocycles. The second kappa shape index (κ2) is 5.57. The molecule has 0 amide bonds. The molecule has 96 valence electrons. The van der Waals surface area contributed by atoms with E-state index in [1.165, 1.54) is 0 Å². The largest absolute Gasteiger partial charge is 0.370 e. The first-order valence-electron chi connectivity index (χ1n) is 6.23. The average molecular weight is 246 g/mol. The molecule has 6 nitrogen and oxygen atoms in total. The van der Waals surface area contributed by atoms with Gasteiger partial charge in [0, 0.05) is 17.8 Å². The number of rotatable bonds is 5. The number of aromatic nitrogens is 5. The molecule has 0 atom stereocenters. The van der Waals surface area contributed by atoms with Crippen LogP contribution in [0.3, 0.4) is 0 Å². The molecule has 0 radical (unpaired) electrons. The van der Waals surface area contributed by atoms with Crippen LogP contribution in [0.1, 0.15) is 31.5 Å². The number of nitrogens with one attached hydrogen (secondary N) is 2. The van der Waals surface area contributed by atoms with Crippen molar-refractivity contribution in [3.05, 3.63) is 17.5 Å². The lowest BCUT2D eigenvalue weighted by molar-refractivity contribution is 0.921. The first kappa shape index (κ1) is 12.5. The summed E-state index contributed by atoms with van der Waals surface area (Å²) in [5.41, 5.74) is 2.82. The minimum absolute atomic E-state index is 0.616. The van der Waals surface area contributed by atoms with Gasteiger partial charge in [-0.1, -0.05) is 13.8 Å². The molecular formula is C12H18N6. The van der Waals surface area contributed by atoms with Gasteiger partial charge in [-0.25, -0.2) is 9.97 Å². The predicted molar refractivity (Wildman–Crippen MR) is 70.3 cm³/mol.